The van der Waals surface area contributed by atoms with Crippen LogP contribution in [0.4, 0.5) is 5.82 Å². The van der Waals surface area contributed by atoms with Crippen molar-refractivity contribution in [2.45, 2.75) is 6.42 Å². The van der Waals surface area contributed by atoms with Crippen LogP contribution in [0.1, 0.15) is 6.42 Å². The van der Waals surface area contributed by atoms with Crippen LogP contribution >= 0.6 is 0 Å². The number of hydrogen-bond donors (Lipinski definition) is 2. The maximum Gasteiger partial charge on any atom is 0.162 e. The van der Waals surface area contributed by atoms with E-state index in [1.54, 1.807) is 20.5 Å². The Hall–Kier alpha value is -2.08. The summed E-state index contributed by atoms with van der Waals surface area (Å²) >= 11 is 0. The van der Waals surface area contributed by atoms with E-state index in [0.29, 0.717) is 17.4 Å². The second-order valence-electron chi connectivity index (χ2n) is 5.19. The highest BCUT2D eigenvalue weighted by Crippen LogP contribution is 2.33. The molecule has 0 saturated carbocycles. The Morgan fingerprint density at radius 3 is 2.76 bits per heavy atom. The Balaban J connectivity index is 1.90. The molecule has 1 atom stereocenters. The van der Waals surface area contributed by atoms with E-state index in [9.17, 15) is 0 Å². The van der Waals surface area contributed by atoms with Gasteiger partial charge in [-0.3, -0.25) is 0 Å². The third kappa shape index (κ3) is 2.85. The predicted octanol–water partition coefficient (Wildman–Crippen LogP) is 1.67. The van der Waals surface area contributed by atoms with Crippen LogP contribution in [-0.2, 0) is 0 Å². The minimum atomic E-state index is 0.648. The number of hydrogen-bond acceptors (Lipinski definition) is 6. The maximum atomic E-state index is 5.36. The highest BCUT2D eigenvalue weighted by molar-refractivity contribution is 5.91. The molecule has 1 aromatic carbocycles. The molecule has 0 spiro atoms. The third-order valence-electron chi connectivity index (χ3n) is 3.86. The van der Waals surface area contributed by atoms with E-state index in [0.717, 1.165) is 36.4 Å². The molecule has 1 aliphatic rings. The molecule has 1 aliphatic heterocycles. The highest BCUT2D eigenvalue weighted by atomic mass is 16.5. The van der Waals surface area contributed by atoms with Gasteiger partial charge in [-0.15, -0.1) is 0 Å². The van der Waals surface area contributed by atoms with Gasteiger partial charge in [0.15, 0.2) is 11.5 Å². The number of anilines is 1. The second-order valence-corrected chi connectivity index (χ2v) is 5.19. The van der Waals surface area contributed by atoms with Crippen LogP contribution in [-0.4, -0.2) is 43.8 Å². The number of ether oxygens (including phenoxy) is 2. The Morgan fingerprint density at radius 1 is 1.24 bits per heavy atom. The molecule has 3 rings (SSSR count). The first-order valence-electron chi connectivity index (χ1n) is 7.13. The number of nitrogens with one attached hydrogen (secondary N) is 2. The first-order chi connectivity index (χ1) is 10.3. The predicted molar refractivity (Wildman–Crippen MR) is 82.1 cm³/mol. The average Bonchev–Trinajstić information content (AvgIpc) is 3.04. The minimum Gasteiger partial charge on any atom is -0.493 e. The van der Waals surface area contributed by atoms with Crippen LogP contribution in [0.3, 0.4) is 0 Å². The zero-order chi connectivity index (χ0) is 14.7. The molecule has 6 heteroatoms. The number of fused-ring (bicyclic) bond motifs is 1. The zero-order valence-electron chi connectivity index (χ0n) is 12.3. The molecule has 1 saturated heterocycles. The molecule has 2 heterocycles. The lowest BCUT2D eigenvalue weighted by molar-refractivity contribution is 0.356. The molecule has 1 fully saturated rings. The molecular weight excluding hydrogens is 268 g/mol. The number of rotatable bonds is 5. The van der Waals surface area contributed by atoms with Gasteiger partial charge < -0.3 is 20.1 Å². The van der Waals surface area contributed by atoms with E-state index in [1.807, 2.05) is 12.1 Å². The molecule has 2 aromatic rings. The van der Waals surface area contributed by atoms with E-state index < -0.39 is 0 Å². The Kier molecular flexibility index (Phi) is 4.06. The van der Waals surface area contributed by atoms with Gasteiger partial charge >= 0.3 is 0 Å². The SMILES string of the molecule is COc1cc2ncnc(NCC3CCNC3)c2cc1OC. The summed E-state index contributed by atoms with van der Waals surface area (Å²) in [4.78, 5) is 8.67. The van der Waals surface area contributed by atoms with Crippen molar-refractivity contribution in [2.75, 3.05) is 39.2 Å². The summed E-state index contributed by atoms with van der Waals surface area (Å²) in [5, 5.41) is 7.75. The molecule has 2 N–H and O–H groups in total. The molecule has 21 heavy (non-hydrogen) atoms. The van der Waals surface area contributed by atoms with Gasteiger partial charge in [-0.05, 0) is 31.5 Å². The van der Waals surface area contributed by atoms with E-state index >= 15 is 0 Å². The molecule has 112 valence electrons. The fourth-order valence-corrected chi connectivity index (χ4v) is 2.65. The van der Waals surface area contributed by atoms with E-state index in [1.165, 1.54) is 6.42 Å². The quantitative estimate of drug-likeness (QED) is 0.872. The Labute approximate surface area is 123 Å². The Bertz CT molecular complexity index is 626. The summed E-state index contributed by atoms with van der Waals surface area (Å²) in [5.41, 5.74) is 0.842. The van der Waals surface area contributed by atoms with Crippen LogP contribution < -0.4 is 20.1 Å². The summed E-state index contributed by atoms with van der Waals surface area (Å²) in [6, 6.07) is 3.79. The number of methoxy groups -OCH3 is 2. The van der Waals surface area contributed by atoms with Gasteiger partial charge in [-0.2, -0.15) is 0 Å². The van der Waals surface area contributed by atoms with Gasteiger partial charge in [0.25, 0.3) is 0 Å². The first kappa shape index (κ1) is 13.9. The minimum absolute atomic E-state index is 0.648. The third-order valence-corrected chi connectivity index (χ3v) is 3.86. The van der Waals surface area contributed by atoms with Gasteiger partial charge in [0, 0.05) is 18.0 Å². The van der Waals surface area contributed by atoms with Crippen LogP contribution in [0.2, 0.25) is 0 Å². The van der Waals surface area contributed by atoms with Crippen molar-refractivity contribution in [3.8, 4) is 11.5 Å². The Morgan fingerprint density at radius 2 is 2.05 bits per heavy atom. The maximum absolute atomic E-state index is 5.36. The standard InChI is InChI=1S/C15H20N4O2/c1-20-13-5-11-12(6-14(13)21-2)18-9-19-15(11)17-8-10-3-4-16-7-10/h5-6,9-10,16H,3-4,7-8H2,1-2H3,(H,17,18,19). The zero-order valence-corrected chi connectivity index (χ0v) is 12.3. The summed E-state index contributed by atoms with van der Waals surface area (Å²) in [7, 11) is 3.25. The van der Waals surface area contributed by atoms with E-state index in [-0.39, 0.29) is 0 Å². The van der Waals surface area contributed by atoms with Crippen LogP contribution in [0, 0.1) is 5.92 Å². The smallest absolute Gasteiger partial charge is 0.162 e. The molecule has 6 nitrogen and oxygen atoms in total. The van der Waals surface area contributed by atoms with Crippen molar-refractivity contribution in [1.82, 2.24) is 15.3 Å². The monoisotopic (exact) mass is 288 g/mol. The summed E-state index contributed by atoms with van der Waals surface area (Å²) < 4.78 is 10.7. The average molecular weight is 288 g/mol. The molecule has 0 amide bonds. The lowest BCUT2D eigenvalue weighted by Crippen LogP contribution is -2.17. The van der Waals surface area contributed by atoms with Crippen LogP contribution in [0.5, 0.6) is 11.5 Å². The lowest BCUT2D eigenvalue weighted by atomic mass is 10.1. The van der Waals surface area contributed by atoms with Gasteiger partial charge in [0.05, 0.1) is 19.7 Å². The number of benzene rings is 1. The van der Waals surface area contributed by atoms with Crippen molar-refractivity contribution in [1.29, 1.82) is 0 Å². The molecule has 0 bridgehead atoms. The topological polar surface area (TPSA) is 68.3 Å². The second kappa shape index (κ2) is 6.13. The molecule has 0 radical (unpaired) electrons. The van der Waals surface area contributed by atoms with Crippen molar-refractivity contribution in [3.63, 3.8) is 0 Å². The summed E-state index contributed by atoms with van der Waals surface area (Å²) in [6.45, 7) is 3.07. The highest BCUT2D eigenvalue weighted by Gasteiger charge is 2.15. The van der Waals surface area contributed by atoms with E-state index in [2.05, 4.69) is 20.6 Å². The summed E-state index contributed by atoms with van der Waals surface area (Å²) in [5.74, 6) is 2.85. The van der Waals surface area contributed by atoms with Crippen LogP contribution in [0.15, 0.2) is 18.5 Å². The van der Waals surface area contributed by atoms with Gasteiger partial charge in [0.2, 0.25) is 0 Å². The van der Waals surface area contributed by atoms with Gasteiger partial charge in [-0.1, -0.05) is 0 Å². The fraction of sp³-hybridized carbons (Fsp3) is 0.467. The molecule has 1 aromatic heterocycles. The first-order valence-corrected chi connectivity index (χ1v) is 7.13. The van der Waals surface area contributed by atoms with Crippen LogP contribution in [0.25, 0.3) is 10.9 Å². The van der Waals surface area contributed by atoms with Crippen molar-refractivity contribution < 1.29 is 9.47 Å². The summed E-state index contributed by atoms with van der Waals surface area (Å²) in [6.07, 6.45) is 2.77. The van der Waals surface area contributed by atoms with E-state index in [4.69, 9.17) is 9.47 Å². The normalized spacial score (nSPS) is 17.9. The number of aromatic nitrogens is 2. The van der Waals surface area contributed by atoms with Gasteiger partial charge in [0.1, 0.15) is 12.1 Å². The van der Waals surface area contributed by atoms with Crippen molar-refractivity contribution in [2.24, 2.45) is 5.92 Å². The largest absolute Gasteiger partial charge is 0.493 e. The molecule has 0 aliphatic carbocycles. The molecular formula is C15H20N4O2. The number of nitrogens with zero attached hydrogens (tertiary/aromatic N) is 2. The molecule has 1 unspecified atom stereocenters. The van der Waals surface area contributed by atoms with Gasteiger partial charge in [-0.25, -0.2) is 9.97 Å². The lowest BCUT2D eigenvalue weighted by Gasteiger charge is -2.14. The van der Waals surface area contributed by atoms with Crippen molar-refractivity contribution in [3.05, 3.63) is 18.5 Å². The fourth-order valence-electron chi connectivity index (χ4n) is 2.65. The van der Waals surface area contributed by atoms with Crippen molar-refractivity contribution >= 4 is 16.7 Å².